The Balaban J connectivity index is 1.45. The zero-order valence-corrected chi connectivity index (χ0v) is 15.5. The third-order valence-corrected chi connectivity index (χ3v) is 4.66. The van der Waals surface area contributed by atoms with E-state index in [-0.39, 0.29) is 0 Å². The summed E-state index contributed by atoms with van der Waals surface area (Å²) in [5.74, 6) is 2.21. The van der Waals surface area contributed by atoms with Crippen molar-refractivity contribution in [2.24, 2.45) is 0 Å². The summed E-state index contributed by atoms with van der Waals surface area (Å²) in [4.78, 5) is 14.0. The maximum Gasteiger partial charge on any atom is 0.359 e. The highest BCUT2D eigenvalue weighted by molar-refractivity contribution is 5.89. The fourth-order valence-corrected chi connectivity index (χ4v) is 3.20. The Morgan fingerprint density at radius 3 is 2.78 bits per heavy atom. The molecule has 27 heavy (non-hydrogen) atoms. The summed E-state index contributed by atoms with van der Waals surface area (Å²) < 4.78 is 5.28. The van der Waals surface area contributed by atoms with Gasteiger partial charge in [-0.1, -0.05) is 30.3 Å². The lowest BCUT2D eigenvalue weighted by molar-refractivity contribution is -0.991. The first kappa shape index (κ1) is 17.2. The van der Waals surface area contributed by atoms with E-state index >= 15 is 0 Å². The Hall–Kier alpha value is -3.19. The molecule has 1 aliphatic rings. The molecule has 2 aromatic carbocycles. The van der Waals surface area contributed by atoms with Gasteiger partial charge >= 0.3 is 5.96 Å². The fraction of sp³-hybridized carbons (Fsp3) is 0.250. The van der Waals surface area contributed by atoms with Gasteiger partial charge in [0.05, 0.1) is 18.3 Å². The molecule has 1 atom stereocenters. The summed E-state index contributed by atoms with van der Waals surface area (Å²) in [7, 11) is 1.66. The van der Waals surface area contributed by atoms with E-state index in [0.717, 1.165) is 48.2 Å². The molecule has 1 unspecified atom stereocenters. The van der Waals surface area contributed by atoms with E-state index in [4.69, 9.17) is 4.74 Å². The third-order valence-electron chi connectivity index (χ3n) is 4.66. The molecular formula is C20H24N6O+2. The number of nitrogens with zero attached hydrogens (tertiary/aromatic N) is 2. The van der Waals surface area contributed by atoms with Crippen LogP contribution in [0.5, 0.6) is 5.75 Å². The number of quaternary nitrogens is 1. The van der Waals surface area contributed by atoms with Crippen LogP contribution in [0.2, 0.25) is 0 Å². The van der Waals surface area contributed by atoms with Gasteiger partial charge in [0.1, 0.15) is 12.3 Å². The van der Waals surface area contributed by atoms with Crippen molar-refractivity contribution in [1.82, 2.24) is 15.3 Å². The Morgan fingerprint density at radius 1 is 1.19 bits per heavy atom. The van der Waals surface area contributed by atoms with E-state index in [1.54, 1.807) is 7.11 Å². The first-order valence-corrected chi connectivity index (χ1v) is 9.03. The smallest absolute Gasteiger partial charge is 0.359 e. The van der Waals surface area contributed by atoms with Crippen LogP contribution >= 0.6 is 0 Å². The molecule has 4 rings (SSSR count). The second-order valence-electron chi connectivity index (χ2n) is 6.64. The minimum absolute atomic E-state index is 0.576. The van der Waals surface area contributed by atoms with Gasteiger partial charge in [-0.3, -0.25) is 4.90 Å². The summed E-state index contributed by atoms with van der Waals surface area (Å²) in [5, 5.41) is 7.63. The largest absolute Gasteiger partial charge is 0.497 e. The number of ether oxygens (including phenoxy) is 1. The molecule has 138 valence electrons. The molecule has 7 nitrogen and oxygen atoms in total. The van der Waals surface area contributed by atoms with Gasteiger partial charge in [-0.05, 0) is 25.1 Å². The molecule has 1 aromatic heterocycles. The van der Waals surface area contributed by atoms with Crippen LogP contribution in [-0.4, -0.2) is 36.4 Å². The van der Waals surface area contributed by atoms with E-state index in [1.165, 1.54) is 10.5 Å². The number of rotatable bonds is 4. The van der Waals surface area contributed by atoms with Crippen LogP contribution in [0.25, 0.3) is 10.9 Å². The van der Waals surface area contributed by atoms with Crippen molar-refractivity contribution in [3.8, 4) is 5.75 Å². The third kappa shape index (κ3) is 3.98. The van der Waals surface area contributed by atoms with Crippen LogP contribution in [0.1, 0.15) is 11.3 Å². The van der Waals surface area contributed by atoms with Gasteiger partial charge in [0.25, 0.3) is 5.95 Å². The number of hydrogen-bond acceptors (Lipinski definition) is 5. The maximum absolute atomic E-state index is 5.28. The number of aromatic nitrogens is 2. The summed E-state index contributed by atoms with van der Waals surface area (Å²) in [6.45, 7) is 4.61. The first-order chi connectivity index (χ1) is 13.2. The lowest BCUT2D eigenvalue weighted by Crippen LogP contribution is -3.23. The van der Waals surface area contributed by atoms with Crippen molar-refractivity contribution >= 4 is 22.8 Å². The molecule has 0 bridgehead atoms. The number of anilines is 1. The standard InChI is InChI=1S/C20H22N6O/c1-14-17-10-16(27-2)8-9-18(17)24-20(23-14)25-19-21-12-26(13-22-19)11-15-6-4-3-5-7-15/h3-10H,11-13H2,1-2H3,(H2,21,22,23,24,25)/p+2. The van der Waals surface area contributed by atoms with Gasteiger partial charge in [0.2, 0.25) is 0 Å². The van der Waals surface area contributed by atoms with E-state index in [1.807, 2.05) is 31.2 Å². The molecule has 0 aliphatic carbocycles. The summed E-state index contributed by atoms with van der Waals surface area (Å²) in [6.07, 6.45) is 0. The van der Waals surface area contributed by atoms with E-state index < -0.39 is 0 Å². The SMILES string of the molecule is COc1ccc2nc(NC3=[NH+]C[NH+](Cc4ccccc4)CN3)nc(C)c2c1. The van der Waals surface area contributed by atoms with Crippen molar-refractivity contribution in [3.05, 3.63) is 59.8 Å². The molecule has 0 saturated heterocycles. The highest BCUT2D eigenvalue weighted by Gasteiger charge is 2.21. The predicted octanol–water partition coefficient (Wildman–Crippen LogP) is -0.601. The minimum Gasteiger partial charge on any atom is -0.497 e. The summed E-state index contributed by atoms with van der Waals surface area (Å²) in [6, 6.07) is 16.3. The van der Waals surface area contributed by atoms with Crippen molar-refractivity contribution in [2.45, 2.75) is 13.5 Å². The summed E-state index contributed by atoms with van der Waals surface area (Å²) >= 11 is 0. The second-order valence-corrected chi connectivity index (χ2v) is 6.64. The van der Waals surface area contributed by atoms with Crippen LogP contribution in [0.4, 0.5) is 5.95 Å². The Labute approximate surface area is 158 Å². The fourth-order valence-electron chi connectivity index (χ4n) is 3.20. The van der Waals surface area contributed by atoms with Crippen molar-refractivity contribution < 1.29 is 14.6 Å². The number of guanidine groups is 1. The number of hydrogen-bond donors (Lipinski definition) is 4. The van der Waals surface area contributed by atoms with Gasteiger partial charge in [0, 0.05) is 10.9 Å². The van der Waals surface area contributed by atoms with E-state index in [2.05, 4.69) is 49.9 Å². The summed E-state index contributed by atoms with van der Waals surface area (Å²) in [5.41, 5.74) is 3.13. The molecule has 0 fully saturated rings. The number of nitrogens with one attached hydrogen (secondary N) is 4. The van der Waals surface area contributed by atoms with Crippen LogP contribution in [0, 0.1) is 6.92 Å². The molecule has 1 aliphatic heterocycles. The Kier molecular flexibility index (Phi) is 4.84. The average Bonchev–Trinajstić information content (AvgIpc) is 2.70. The van der Waals surface area contributed by atoms with E-state index in [0.29, 0.717) is 5.95 Å². The van der Waals surface area contributed by atoms with Crippen molar-refractivity contribution in [1.29, 1.82) is 0 Å². The molecule has 0 saturated carbocycles. The van der Waals surface area contributed by atoms with Crippen LogP contribution in [0.15, 0.2) is 48.5 Å². The van der Waals surface area contributed by atoms with Gasteiger partial charge in [-0.15, -0.1) is 0 Å². The molecule has 0 spiro atoms. The van der Waals surface area contributed by atoms with Crippen molar-refractivity contribution in [2.75, 3.05) is 25.8 Å². The highest BCUT2D eigenvalue weighted by Crippen LogP contribution is 2.22. The maximum atomic E-state index is 5.28. The van der Waals surface area contributed by atoms with Crippen molar-refractivity contribution in [3.63, 3.8) is 0 Å². The van der Waals surface area contributed by atoms with Gasteiger partial charge in [-0.2, -0.15) is 4.98 Å². The van der Waals surface area contributed by atoms with Gasteiger partial charge in [-0.25, -0.2) is 20.6 Å². The molecule has 2 heterocycles. The molecule has 3 aromatic rings. The lowest BCUT2D eigenvalue weighted by atomic mass is 10.2. The Morgan fingerprint density at radius 2 is 2.04 bits per heavy atom. The van der Waals surface area contributed by atoms with Crippen LogP contribution in [-0.2, 0) is 6.54 Å². The molecule has 7 heteroatoms. The van der Waals surface area contributed by atoms with Gasteiger partial charge in [0.15, 0.2) is 13.3 Å². The zero-order valence-electron chi connectivity index (χ0n) is 15.5. The normalized spacial score (nSPS) is 16.5. The number of aryl methyl sites for hydroxylation is 1. The minimum atomic E-state index is 0.576. The number of benzene rings is 2. The van der Waals surface area contributed by atoms with Gasteiger partial charge < -0.3 is 4.74 Å². The van der Waals surface area contributed by atoms with Crippen LogP contribution < -0.4 is 25.3 Å². The monoisotopic (exact) mass is 364 g/mol. The second kappa shape index (κ2) is 7.59. The molecular weight excluding hydrogens is 340 g/mol. The zero-order chi connectivity index (χ0) is 18.6. The predicted molar refractivity (Wildman–Crippen MR) is 104 cm³/mol. The highest BCUT2D eigenvalue weighted by atomic mass is 16.5. The quantitative estimate of drug-likeness (QED) is 0.497. The molecule has 4 N–H and O–H groups in total. The average molecular weight is 364 g/mol. The topological polar surface area (TPSA) is 77.5 Å². The Bertz CT molecular complexity index is 973. The van der Waals surface area contributed by atoms with E-state index in [9.17, 15) is 0 Å². The lowest BCUT2D eigenvalue weighted by Gasteiger charge is -2.20. The molecule has 0 radical (unpaired) electrons. The first-order valence-electron chi connectivity index (χ1n) is 9.03. The van der Waals surface area contributed by atoms with Crippen LogP contribution in [0.3, 0.4) is 0 Å². The number of fused-ring (bicyclic) bond motifs is 1. The number of methoxy groups -OCH3 is 1. The molecule has 0 amide bonds.